The quantitative estimate of drug-likeness (QED) is 0.853. The maximum Gasteiger partial charge on any atom is 0.0350 e. The molecule has 3 rings (SSSR count). The zero-order valence-electron chi connectivity index (χ0n) is 12.6. The third-order valence-electron chi connectivity index (χ3n) is 5.15. The molecule has 2 nitrogen and oxygen atoms in total. The minimum absolute atomic E-state index is 0.661. The molecule has 2 N–H and O–H groups in total. The van der Waals surface area contributed by atoms with Gasteiger partial charge in [-0.2, -0.15) is 0 Å². The van der Waals surface area contributed by atoms with Gasteiger partial charge in [-0.05, 0) is 68.7 Å². The lowest BCUT2D eigenvalue weighted by molar-refractivity contribution is 0.113. The fourth-order valence-electron chi connectivity index (χ4n) is 4.13. The number of nitrogens with two attached hydrogens (primary N) is 1. The highest BCUT2D eigenvalue weighted by Crippen LogP contribution is 2.35. The first-order chi connectivity index (χ1) is 9.88. The van der Waals surface area contributed by atoms with Crippen LogP contribution in [0.15, 0.2) is 24.3 Å². The Kier molecular flexibility index (Phi) is 4.74. The number of hydrogen-bond acceptors (Lipinski definition) is 2. The van der Waals surface area contributed by atoms with Crippen LogP contribution in [0.3, 0.4) is 0 Å². The van der Waals surface area contributed by atoms with E-state index in [1.54, 1.807) is 11.1 Å². The molecule has 1 aliphatic carbocycles. The van der Waals surface area contributed by atoms with Crippen molar-refractivity contribution >= 4 is 0 Å². The van der Waals surface area contributed by atoms with Crippen molar-refractivity contribution in [2.75, 3.05) is 19.6 Å². The molecule has 110 valence electrons. The van der Waals surface area contributed by atoms with Gasteiger partial charge in [-0.25, -0.2) is 0 Å². The molecule has 1 heterocycles. The summed E-state index contributed by atoms with van der Waals surface area (Å²) in [6.45, 7) is 3.38. The molecule has 2 heteroatoms. The molecule has 1 aliphatic heterocycles. The van der Waals surface area contributed by atoms with Gasteiger partial charge in [0.05, 0.1) is 0 Å². The van der Waals surface area contributed by atoms with Gasteiger partial charge in [-0.15, -0.1) is 0 Å². The van der Waals surface area contributed by atoms with Crippen molar-refractivity contribution in [3.8, 4) is 0 Å². The van der Waals surface area contributed by atoms with Crippen LogP contribution in [-0.2, 0) is 6.42 Å². The maximum absolute atomic E-state index is 5.77. The first kappa shape index (κ1) is 14.1. The van der Waals surface area contributed by atoms with Crippen LogP contribution in [0.25, 0.3) is 0 Å². The molecular formula is C18H28N2. The summed E-state index contributed by atoms with van der Waals surface area (Å²) in [5.41, 5.74) is 8.97. The fraction of sp³-hybridized carbons (Fsp3) is 0.667. The average Bonchev–Trinajstić information content (AvgIpc) is 2.70. The highest BCUT2D eigenvalue weighted by Gasteiger charge is 2.28. The number of nitrogens with zero attached hydrogens (tertiary/aromatic N) is 1. The van der Waals surface area contributed by atoms with Crippen molar-refractivity contribution in [1.29, 1.82) is 0 Å². The number of aryl methyl sites for hydroxylation is 1. The molecule has 0 aromatic heterocycles. The van der Waals surface area contributed by atoms with E-state index in [1.807, 2.05) is 0 Å². The summed E-state index contributed by atoms with van der Waals surface area (Å²) in [7, 11) is 0. The molecule has 2 unspecified atom stereocenters. The van der Waals surface area contributed by atoms with Crippen LogP contribution in [0.4, 0.5) is 0 Å². The number of rotatable bonds is 3. The summed E-state index contributed by atoms with van der Waals surface area (Å²) in [5, 5.41) is 0. The Morgan fingerprint density at radius 3 is 2.90 bits per heavy atom. The van der Waals surface area contributed by atoms with E-state index in [1.165, 1.54) is 58.0 Å². The lowest BCUT2D eigenvalue weighted by atomic mass is 9.90. The zero-order valence-corrected chi connectivity index (χ0v) is 12.6. The van der Waals surface area contributed by atoms with Crippen LogP contribution in [-0.4, -0.2) is 24.5 Å². The molecule has 0 saturated carbocycles. The maximum atomic E-state index is 5.77. The molecule has 1 aromatic rings. The minimum atomic E-state index is 0.661. The normalized spacial score (nSPS) is 27.9. The third kappa shape index (κ3) is 3.07. The standard InChI is InChI=1S/C18H28N2/c19-12-11-15-6-5-13-20(14-15)18-10-4-2-8-16-7-1-3-9-17(16)18/h1,3,7,9,15,18H,2,4-6,8,10-14,19H2. The van der Waals surface area contributed by atoms with Gasteiger partial charge in [0.1, 0.15) is 0 Å². The predicted molar refractivity (Wildman–Crippen MR) is 84.7 cm³/mol. The Hall–Kier alpha value is -0.860. The smallest absolute Gasteiger partial charge is 0.0350 e. The van der Waals surface area contributed by atoms with Gasteiger partial charge in [0, 0.05) is 12.6 Å². The molecule has 1 fully saturated rings. The summed E-state index contributed by atoms with van der Waals surface area (Å²) < 4.78 is 0. The van der Waals surface area contributed by atoms with Crippen LogP contribution in [0.2, 0.25) is 0 Å². The van der Waals surface area contributed by atoms with E-state index in [-0.39, 0.29) is 0 Å². The summed E-state index contributed by atoms with van der Waals surface area (Å²) >= 11 is 0. The van der Waals surface area contributed by atoms with E-state index < -0.39 is 0 Å². The van der Waals surface area contributed by atoms with E-state index in [0.29, 0.717) is 6.04 Å². The lowest BCUT2D eigenvalue weighted by Gasteiger charge is -2.38. The molecule has 2 atom stereocenters. The first-order valence-corrected chi connectivity index (χ1v) is 8.40. The van der Waals surface area contributed by atoms with E-state index in [9.17, 15) is 0 Å². The summed E-state index contributed by atoms with van der Waals surface area (Å²) in [6, 6.07) is 9.80. The third-order valence-corrected chi connectivity index (χ3v) is 5.15. The fourth-order valence-corrected chi connectivity index (χ4v) is 4.13. The van der Waals surface area contributed by atoms with Gasteiger partial charge in [0.2, 0.25) is 0 Å². The zero-order chi connectivity index (χ0) is 13.8. The van der Waals surface area contributed by atoms with Crippen molar-refractivity contribution in [3.05, 3.63) is 35.4 Å². The molecule has 20 heavy (non-hydrogen) atoms. The Morgan fingerprint density at radius 1 is 1.10 bits per heavy atom. The Bertz CT molecular complexity index is 427. The van der Waals surface area contributed by atoms with E-state index in [4.69, 9.17) is 5.73 Å². The lowest BCUT2D eigenvalue weighted by Crippen LogP contribution is -2.39. The number of fused-ring (bicyclic) bond motifs is 1. The minimum Gasteiger partial charge on any atom is -0.330 e. The molecule has 0 spiro atoms. The van der Waals surface area contributed by atoms with Gasteiger partial charge in [0.25, 0.3) is 0 Å². The van der Waals surface area contributed by atoms with E-state index in [0.717, 1.165) is 12.5 Å². The molecule has 1 saturated heterocycles. The van der Waals surface area contributed by atoms with Crippen LogP contribution in [0, 0.1) is 5.92 Å². The van der Waals surface area contributed by atoms with Crippen LogP contribution < -0.4 is 5.73 Å². The molecule has 2 aliphatic rings. The van der Waals surface area contributed by atoms with Gasteiger partial charge in [-0.1, -0.05) is 30.7 Å². The number of piperidine rings is 1. The second-order valence-corrected chi connectivity index (χ2v) is 6.54. The van der Waals surface area contributed by atoms with Crippen LogP contribution >= 0.6 is 0 Å². The highest BCUT2D eigenvalue weighted by atomic mass is 15.2. The molecule has 1 aromatic carbocycles. The molecular weight excluding hydrogens is 244 g/mol. The van der Waals surface area contributed by atoms with Crippen LogP contribution in [0.5, 0.6) is 0 Å². The second kappa shape index (κ2) is 6.73. The monoisotopic (exact) mass is 272 g/mol. The first-order valence-electron chi connectivity index (χ1n) is 8.40. The Balaban J connectivity index is 1.78. The summed E-state index contributed by atoms with van der Waals surface area (Å²) in [5.74, 6) is 0.823. The van der Waals surface area contributed by atoms with Crippen LogP contribution in [0.1, 0.15) is 55.7 Å². The molecule has 0 bridgehead atoms. The Labute approximate surface area is 123 Å². The van der Waals surface area contributed by atoms with Gasteiger partial charge in [0.15, 0.2) is 0 Å². The Morgan fingerprint density at radius 2 is 2.00 bits per heavy atom. The molecule has 0 radical (unpaired) electrons. The summed E-state index contributed by atoms with van der Waals surface area (Å²) in [4.78, 5) is 2.76. The van der Waals surface area contributed by atoms with Crippen molar-refractivity contribution in [2.24, 2.45) is 11.7 Å². The van der Waals surface area contributed by atoms with Crippen molar-refractivity contribution < 1.29 is 0 Å². The van der Waals surface area contributed by atoms with E-state index in [2.05, 4.69) is 29.2 Å². The van der Waals surface area contributed by atoms with Crippen molar-refractivity contribution in [3.63, 3.8) is 0 Å². The van der Waals surface area contributed by atoms with Crippen molar-refractivity contribution in [1.82, 2.24) is 4.90 Å². The number of benzene rings is 1. The average molecular weight is 272 g/mol. The predicted octanol–water partition coefficient (Wildman–Crippen LogP) is 3.51. The number of hydrogen-bond donors (Lipinski definition) is 1. The number of likely N-dealkylation sites (tertiary alicyclic amines) is 1. The molecule has 0 amide bonds. The van der Waals surface area contributed by atoms with Crippen molar-refractivity contribution in [2.45, 2.75) is 51.0 Å². The second-order valence-electron chi connectivity index (χ2n) is 6.54. The van der Waals surface area contributed by atoms with Gasteiger partial charge < -0.3 is 5.73 Å². The SMILES string of the molecule is NCCC1CCCN(C2CCCCc3ccccc32)C1. The highest BCUT2D eigenvalue weighted by molar-refractivity contribution is 5.31. The summed E-state index contributed by atoms with van der Waals surface area (Å²) in [6.07, 6.45) is 9.26. The van der Waals surface area contributed by atoms with E-state index >= 15 is 0 Å². The van der Waals surface area contributed by atoms with Gasteiger partial charge in [-0.3, -0.25) is 4.90 Å². The largest absolute Gasteiger partial charge is 0.330 e. The van der Waals surface area contributed by atoms with Gasteiger partial charge >= 0.3 is 0 Å². The topological polar surface area (TPSA) is 29.3 Å².